The molecule has 1 aliphatic rings. The molecule has 0 saturated carbocycles. The zero-order chi connectivity index (χ0) is 14.1. The maximum absolute atomic E-state index is 12.8. The standard InChI is InChI=1S/C15H20N4O/c1-10-18-14-5-4-11(8-16)7-13(14)15(20)19(10)12-3-2-6-17-9-12/h4-5,7,12,17H,2-3,6,8-9,16H2,1H3. The number of rotatable bonds is 2. The van der Waals surface area contributed by atoms with Crippen LogP contribution in [0.15, 0.2) is 23.0 Å². The minimum Gasteiger partial charge on any atom is -0.326 e. The van der Waals surface area contributed by atoms with E-state index < -0.39 is 0 Å². The lowest BCUT2D eigenvalue weighted by Gasteiger charge is -2.26. The van der Waals surface area contributed by atoms with Crippen molar-refractivity contribution in [3.8, 4) is 0 Å². The molecule has 20 heavy (non-hydrogen) atoms. The summed E-state index contributed by atoms with van der Waals surface area (Å²) in [6.07, 6.45) is 2.12. The molecule has 1 aromatic carbocycles. The molecule has 3 rings (SSSR count). The molecule has 0 radical (unpaired) electrons. The summed E-state index contributed by atoms with van der Waals surface area (Å²) in [6.45, 7) is 4.22. The van der Waals surface area contributed by atoms with Gasteiger partial charge in [0.15, 0.2) is 0 Å². The van der Waals surface area contributed by atoms with Crippen molar-refractivity contribution in [3.63, 3.8) is 0 Å². The molecule has 0 amide bonds. The second-order valence-corrected chi connectivity index (χ2v) is 5.39. The molecular weight excluding hydrogens is 252 g/mol. The molecule has 0 bridgehead atoms. The van der Waals surface area contributed by atoms with E-state index in [0.29, 0.717) is 11.9 Å². The number of nitrogens with one attached hydrogen (secondary N) is 1. The van der Waals surface area contributed by atoms with Crippen molar-refractivity contribution in [1.29, 1.82) is 0 Å². The predicted molar refractivity (Wildman–Crippen MR) is 79.8 cm³/mol. The summed E-state index contributed by atoms with van der Waals surface area (Å²) in [5.74, 6) is 0.789. The Morgan fingerprint density at radius 2 is 2.35 bits per heavy atom. The van der Waals surface area contributed by atoms with Gasteiger partial charge in [0.05, 0.1) is 16.9 Å². The third kappa shape index (κ3) is 2.23. The SMILES string of the molecule is Cc1nc2ccc(CN)cc2c(=O)n1C1CCCNC1. The van der Waals surface area contributed by atoms with Crippen LogP contribution in [0.1, 0.15) is 30.3 Å². The maximum atomic E-state index is 12.8. The molecule has 1 aliphatic heterocycles. The lowest BCUT2D eigenvalue weighted by Crippen LogP contribution is -2.38. The van der Waals surface area contributed by atoms with Crippen molar-refractivity contribution in [1.82, 2.24) is 14.9 Å². The van der Waals surface area contributed by atoms with Crippen LogP contribution in [0.4, 0.5) is 0 Å². The summed E-state index contributed by atoms with van der Waals surface area (Å²) in [6, 6.07) is 5.89. The number of piperidine rings is 1. The van der Waals surface area contributed by atoms with Crippen molar-refractivity contribution in [2.75, 3.05) is 13.1 Å². The normalized spacial score (nSPS) is 19.4. The molecule has 5 heteroatoms. The number of aromatic nitrogens is 2. The Morgan fingerprint density at radius 3 is 3.05 bits per heavy atom. The van der Waals surface area contributed by atoms with Crippen LogP contribution in [-0.4, -0.2) is 22.6 Å². The van der Waals surface area contributed by atoms with Crippen LogP contribution in [0.5, 0.6) is 0 Å². The second-order valence-electron chi connectivity index (χ2n) is 5.39. The molecule has 1 saturated heterocycles. The molecule has 2 aromatic rings. The van der Waals surface area contributed by atoms with E-state index in [9.17, 15) is 4.79 Å². The number of nitrogens with two attached hydrogens (primary N) is 1. The fourth-order valence-corrected chi connectivity index (χ4v) is 2.97. The molecule has 1 unspecified atom stereocenters. The maximum Gasteiger partial charge on any atom is 0.261 e. The molecule has 0 aliphatic carbocycles. The molecule has 1 atom stereocenters. The monoisotopic (exact) mass is 272 g/mol. The first-order valence-corrected chi connectivity index (χ1v) is 7.13. The minimum absolute atomic E-state index is 0.0523. The highest BCUT2D eigenvalue weighted by Crippen LogP contribution is 2.18. The molecule has 106 valence electrons. The lowest BCUT2D eigenvalue weighted by molar-refractivity contribution is 0.357. The van der Waals surface area contributed by atoms with E-state index in [4.69, 9.17) is 5.73 Å². The first-order chi connectivity index (χ1) is 9.70. The summed E-state index contributed by atoms with van der Waals surface area (Å²) in [4.78, 5) is 17.4. The van der Waals surface area contributed by atoms with Crippen LogP contribution in [0.2, 0.25) is 0 Å². The number of benzene rings is 1. The van der Waals surface area contributed by atoms with Crippen molar-refractivity contribution in [2.45, 2.75) is 32.4 Å². The molecule has 5 nitrogen and oxygen atoms in total. The van der Waals surface area contributed by atoms with E-state index in [1.165, 1.54) is 0 Å². The Bertz CT molecular complexity index is 686. The Labute approximate surface area is 117 Å². The van der Waals surface area contributed by atoms with Gasteiger partial charge in [-0.15, -0.1) is 0 Å². The Balaban J connectivity index is 2.18. The Hall–Kier alpha value is -1.72. The van der Waals surface area contributed by atoms with Crippen molar-refractivity contribution >= 4 is 10.9 Å². The minimum atomic E-state index is 0.0523. The van der Waals surface area contributed by atoms with Gasteiger partial charge in [-0.3, -0.25) is 9.36 Å². The van der Waals surface area contributed by atoms with Crippen molar-refractivity contribution < 1.29 is 0 Å². The van der Waals surface area contributed by atoms with Crippen LogP contribution in [-0.2, 0) is 6.54 Å². The van der Waals surface area contributed by atoms with Gasteiger partial charge in [0.2, 0.25) is 0 Å². The van der Waals surface area contributed by atoms with E-state index in [2.05, 4.69) is 10.3 Å². The quantitative estimate of drug-likeness (QED) is 0.858. The molecule has 1 aromatic heterocycles. The molecule has 2 heterocycles. The van der Waals surface area contributed by atoms with Crippen molar-refractivity contribution in [2.24, 2.45) is 5.73 Å². The summed E-state index contributed by atoms with van der Waals surface area (Å²) in [7, 11) is 0. The van der Waals surface area contributed by atoms with E-state index >= 15 is 0 Å². The number of hydrogen-bond donors (Lipinski definition) is 2. The molecule has 0 spiro atoms. The summed E-state index contributed by atoms with van der Waals surface area (Å²) < 4.78 is 1.84. The average molecular weight is 272 g/mol. The first kappa shape index (κ1) is 13.3. The molecule has 3 N–H and O–H groups in total. The number of nitrogens with zero attached hydrogens (tertiary/aromatic N) is 2. The zero-order valence-electron chi connectivity index (χ0n) is 11.7. The Kier molecular flexibility index (Phi) is 3.54. The topological polar surface area (TPSA) is 72.9 Å². The van der Waals surface area contributed by atoms with Crippen LogP contribution < -0.4 is 16.6 Å². The van der Waals surface area contributed by atoms with E-state index in [-0.39, 0.29) is 11.6 Å². The van der Waals surface area contributed by atoms with E-state index in [1.54, 1.807) is 0 Å². The van der Waals surface area contributed by atoms with Gasteiger partial charge in [-0.05, 0) is 44.0 Å². The summed E-state index contributed by atoms with van der Waals surface area (Å²) >= 11 is 0. The highest BCUT2D eigenvalue weighted by Gasteiger charge is 2.19. The van der Waals surface area contributed by atoms with Gasteiger partial charge in [-0.25, -0.2) is 4.98 Å². The third-order valence-corrected chi connectivity index (χ3v) is 4.01. The van der Waals surface area contributed by atoms with E-state index in [1.807, 2.05) is 29.7 Å². The van der Waals surface area contributed by atoms with Crippen LogP contribution in [0.25, 0.3) is 10.9 Å². The summed E-state index contributed by atoms with van der Waals surface area (Å²) in [5.41, 5.74) is 7.44. The predicted octanol–water partition coefficient (Wildman–Crippen LogP) is 1.09. The average Bonchev–Trinajstić information content (AvgIpc) is 2.48. The van der Waals surface area contributed by atoms with Crippen molar-refractivity contribution in [3.05, 3.63) is 39.9 Å². The number of aryl methyl sites for hydroxylation is 1. The van der Waals surface area contributed by atoms with Gasteiger partial charge in [0.1, 0.15) is 5.82 Å². The zero-order valence-corrected chi connectivity index (χ0v) is 11.7. The van der Waals surface area contributed by atoms with Gasteiger partial charge in [0.25, 0.3) is 5.56 Å². The Morgan fingerprint density at radius 1 is 1.50 bits per heavy atom. The lowest BCUT2D eigenvalue weighted by atomic mass is 10.1. The molecular formula is C15H20N4O. The highest BCUT2D eigenvalue weighted by atomic mass is 16.1. The largest absolute Gasteiger partial charge is 0.326 e. The third-order valence-electron chi connectivity index (χ3n) is 4.01. The van der Waals surface area contributed by atoms with Gasteiger partial charge >= 0.3 is 0 Å². The first-order valence-electron chi connectivity index (χ1n) is 7.13. The number of hydrogen-bond acceptors (Lipinski definition) is 4. The van der Waals surface area contributed by atoms with E-state index in [0.717, 1.165) is 42.8 Å². The van der Waals surface area contributed by atoms with Crippen LogP contribution in [0, 0.1) is 6.92 Å². The van der Waals surface area contributed by atoms with Crippen LogP contribution in [0.3, 0.4) is 0 Å². The highest BCUT2D eigenvalue weighted by molar-refractivity contribution is 5.78. The van der Waals surface area contributed by atoms with Gasteiger partial charge in [-0.2, -0.15) is 0 Å². The van der Waals surface area contributed by atoms with Gasteiger partial charge < -0.3 is 11.1 Å². The fourth-order valence-electron chi connectivity index (χ4n) is 2.97. The fraction of sp³-hybridized carbons (Fsp3) is 0.467. The summed E-state index contributed by atoms with van der Waals surface area (Å²) in [5, 5.41) is 4.02. The molecule has 1 fully saturated rings. The number of fused-ring (bicyclic) bond motifs is 1. The van der Waals surface area contributed by atoms with Gasteiger partial charge in [-0.1, -0.05) is 6.07 Å². The van der Waals surface area contributed by atoms with Crippen LogP contribution >= 0.6 is 0 Å². The van der Waals surface area contributed by atoms with Gasteiger partial charge in [0, 0.05) is 13.1 Å². The second kappa shape index (κ2) is 5.34. The smallest absolute Gasteiger partial charge is 0.261 e.